The smallest absolute Gasteiger partial charge is 0.217 e. The summed E-state index contributed by atoms with van der Waals surface area (Å²) in [6, 6.07) is 16.1. The minimum atomic E-state index is -0.201. The van der Waals surface area contributed by atoms with Crippen molar-refractivity contribution in [1.29, 1.82) is 0 Å². The zero-order valence-corrected chi connectivity index (χ0v) is 15.7. The van der Waals surface area contributed by atoms with E-state index in [2.05, 4.69) is 34.6 Å². The number of aryl methyl sites for hydroxylation is 1. The Morgan fingerprint density at radius 1 is 1.08 bits per heavy atom. The highest BCUT2D eigenvalue weighted by molar-refractivity contribution is 7.14. The maximum Gasteiger partial charge on any atom is 0.217 e. The number of amides is 1. The van der Waals surface area contributed by atoms with E-state index >= 15 is 0 Å². The van der Waals surface area contributed by atoms with Crippen LogP contribution in [0.4, 0.5) is 0 Å². The number of carbonyl (C=O) groups is 1. The van der Waals surface area contributed by atoms with Crippen molar-refractivity contribution in [3.8, 4) is 10.6 Å². The van der Waals surface area contributed by atoms with E-state index in [1.54, 1.807) is 0 Å². The Morgan fingerprint density at radius 2 is 1.73 bits per heavy atom. The number of benzene rings is 2. The van der Waals surface area contributed by atoms with Gasteiger partial charge in [0.05, 0.1) is 6.04 Å². The van der Waals surface area contributed by atoms with Gasteiger partial charge in [-0.25, -0.2) is 0 Å². The predicted molar refractivity (Wildman–Crippen MR) is 105 cm³/mol. The first-order valence-electron chi connectivity index (χ1n) is 8.50. The SMILES string of the molecule is CC(=O)NC(Cc1ccc(CN)cc1)c1nnc(-c2ccc(C)cc2)s1. The van der Waals surface area contributed by atoms with Crippen LogP contribution in [0.15, 0.2) is 48.5 Å². The molecule has 0 radical (unpaired) electrons. The summed E-state index contributed by atoms with van der Waals surface area (Å²) in [4.78, 5) is 11.7. The zero-order valence-electron chi connectivity index (χ0n) is 14.9. The van der Waals surface area contributed by atoms with E-state index in [-0.39, 0.29) is 11.9 Å². The lowest BCUT2D eigenvalue weighted by Crippen LogP contribution is -2.27. The van der Waals surface area contributed by atoms with E-state index in [0.717, 1.165) is 26.7 Å². The predicted octanol–water partition coefficient (Wildman–Crippen LogP) is 3.39. The Balaban J connectivity index is 1.83. The van der Waals surface area contributed by atoms with Gasteiger partial charge in [0.15, 0.2) is 0 Å². The fourth-order valence-electron chi connectivity index (χ4n) is 2.68. The van der Waals surface area contributed by atoms with Gasteiger partial charge in [-0.05, 0) is 24.5 Å². The summed E-state index contributed by atoms with van der Waals surface area (Å²) < 4.78 is 0. The van der Waals surface area contributed by atoms with Crippen LogP contribution in [0.5, 0.6) is 0 Å². The van der Waals surface area contributed by atoms with Crippen LogP contribution in [0.1, 0.15) is 34.7 Å². The third-order valence-electron chi connectivity index (χ3n) is 4.11. The zero-order chi connectivity index (χ0) is 18.5. The quantitative estimate of drug-likeness (QED) is 0.701. The maximum absolute atomic E-state index is 11.7. The molecule has 3 aromatic rings. The van der Waals surface area contributed by atoms with Crippen LogP contribution in [-0.2, 0) is 17.8 Å². The lowest BCUT2D eigenvalue weighted by atomic mass is 10.0. The second-order valence-corrected chi connectivity index (χ2v) is 7.30. The molecule has 5 nitrogen and oxygen atoms in total. The first kappa shape index (κ1) is 18.2. The number of rotatable bonds is 6. The molecular formula is C20H22N4OS. The molecule has 0 saturated heterocycles. The third kappa shape index (κ3) is 4.53. The largest absolute Gasteiger partial charge is 0.347 e. The molecule has 26 heavy (non-hydrogen) atoms. The third-order valence-corrected chi connectivity index (χ3v) is 5.20. The first-order chi connectivity index (χ1) is 12.5. The first-order valence-corrected chi connectivity index (χ1v) is 9.32. The van der Waals surface area contributed by atoms with Crippen LogP contribution in [0.2, 0.25) is 0 Å². The standard InChI is InChI=1S/C20H22N4OS/c1-13-3-9-17(10-4-13)19-23-24-20(26-19)18(22-14(2)25)11-15-5-7-16(12-21)8-6-15/h3-10,18H,11-12,21H2,1-2H3,(H,22,25). The minimum absolute atomic E-state index is 0.0827. The van der Waals surface area contributed by atoms with Gasteiger partial charge in [-0.3, -0.25) is 4.79 Å². The fourth-order valence-corrected chi connectivity index (χ4v) is 3.58. The van der Waals surface area contributed by atoms with Crippen molar-refractivity contribution in [2.24, 2.45) is 5.73 Å². The van der Waals surface area contributed by atoms with Crippen molar-refractivity contribution < 1.29 is 4.79 Å². The number of nitrogens with one attached hydrogen (secondary N) is 1. The summed E-state index contributed by atoms with van der Waals surface area (Å²) in [5.74, 6) is -0.0827. The molecular weight excluding hydrogens is 344 g/mol. The average Bonchev–Trinajstić information content (AvgIpc) is 3.12. The van der Waals surface area contributed by atoms with Crippen LogP contribution in [0, 0.1) is 6.92 Å². The van der Waals surface area contributed by atoms with Crippen LogP contribution in [0.25, 0.3) is 10.6 Å². The van der Waals surface area contributed by atoms with Crippen LogP contribution >= 0.6 is 11.3 Å². The number of nitrogens with two attached hydrogens (primary N) is 1. The number of nitrogens with zero attached hydrogens (tertiary/aromatic N) is 2. The van der Waals surface area contributed by atoms with Crippen LogP contribution < -0.4 is 11.1 Å². The summed E-state index contributed by atoms with van der Waals surface area (Å²) >= 11 is 1.51. The second-order valence-electron chi connectivity index (χ2n) is 6.29. The number of hydrogen-bond acceptors (Lipinski definition) is 5. The summed E-state index contributed by atoms with van der Waals surface area (Å²) in [5.41, 5.74) is 10.1. The molecule has 1 atom stereocenters. The van der Waals surface area contributed by atoms with Gasteiger partial charge >= 0.3 is 0 Å². The normalized spacial score (nSPS) is 12.0. The summed E-state index contributed by atoms with van der Waals surface area (Å²) in [6.45, 7) is 4.09. The fraction of sp³-hybridized carbons (Fsp3) is 0.250. The lowest BCUT2D eigenvalue weighted by Gasteiger charge is -2.15. The highest BCUT2D eigenvalue weighted by atomic mass is 32.1. The Kier molecular flexibility index (Phi) is 5.75. The molecule has 0 spiro atoms. The van der Waals surface area contributed by atoms with Gasteiger partial charge in [0, 0.05) is 19.0 Å². The minimum Gasteiger partial charge on any atom is -0.347 e. The van der Waals surface area contributed by atoms with E-state index < -0.39 is 0 Å². The van der Waals surface area contributed by atoms with E-state index in [1.165, 1.54) is 23.8 Å². The van der Waals surface area contributed by atoms with Gasteiger partial charge in [-0.2, -0.15) is 0 Å². The number of carbonyl (C=O) groups excluding carboxylic acids is 1. The van der Waals surface area contributed by atoms with Crippen LogP contribution in [-0.4, -0.2) is 16.1 Å². The summed E-state index contributed by atoms with van der Waals surface area (Å²) in [5, 5.41) is 13.3. The molecule has 1 unspecified atom stereocenters. The van der Waals surface area contributed by atoms with E-state index in [1.807, 2.05) is 36.4 Å². The molecule has 6 heteroatoms. The van der Waals surface area contributed by atoms with Gasteiger partial charge in [0.1, 0.15) is 10.0 Å². The van der Waals surface area contributed by atoms with E-state index in [9.17, 15) is 4.79 Å². The molecule has 0 aliphatic rings. The van der Waals surface area contributed by atoms with Crippen molar-refractivity contribution in [3.05, 3.63) is 70.2 Å². The molecule has 134 valence electrons. The molecule has 2 aromatic carbocycles. The van der Waals surface area contributed by atoms with Crippen molar-refractivity contribution in [3.63, 3.8) is 0 Å². The second kappa shape index (κ2) is 8.21. The molecule has 0 fully saturated rings. The molecule has 1 aromatic heterocycles. The summed E-state index contributed by atoms with van der Waals surface area (Å²) in [7, 11) is 0. The summed E-state index contributed by atoms with van der Waals surface area (Å²) in [6.07, 6.45) is 0.660. The van der Waals surface area contributed by atoms with Crippen molar-refractivity contribution in [2.45, 2.75) is 32.9 Å². The highest BCUT2D eigenvalue weighted by Gasteiger charge is 2.19. The monoisotopic (exact) mass is 366 g/mol. The van der Waals surface area contributed by atoms with Gasteiger partial charge in [-0.15, -0.1) is 10.2 Å². The van der Waals surface area contributed by atoms with Gasteiger partial charge in [-0.1, -0.05) is 65.4 Å². The highest BCUT2D eigenvalue weighted by Crippen LogP contribution is 2.28. The number of aromatic nitrogens is 2. The van der Waals surface area contributed by atoms with E-state index in [0.29, 0.717) is 13.0 Å². The van der Waals surface area contributed by atoms with Gasteiger partial charge < -0.3 is 11.1 Å². The average molecular weight is 366 g/mol. The molecule has 1 heterocycles. The Labute approximate surface area is 157 Å². The Bertz CT molecular complexity index is 872. The maximum atomic E-state index is 11.7. The molecule has 0 aliphatic carbocycles. The molecule has 0 saturated carbocycles. The van der Waals surface area contributed by atoms with Crippen molar-refractivity contribution in [1.82, 2.24) is 15.5 Å². The Morgan fingerprint density at radius 3 is 2.35 bits per heavy atom. The molecule has 3 N–H and O–H groups in total. The van der Waals surface area contributed by atoms with Crippen molar-refractivity contribution >= 4 is 17.2 Å². The van der Waals surface area contributed by atoms with Gasteiger partial charge in [0.2, 0.25) is 5.91 Å². The van der Waals surface area contributed by atoms with Crippen molar-refractivity contribution in [2.75, 3.05) is 0 Å². The van der Waals surface area contributed by atoms with E-state index in [4.69, 9.17) is 5.73 Å². The van der Waals surface area contributed by atoms with Gasteiger partial charge in [0.25, 0.3) is 0 Å². The van der Waals surface area contributed by atoms with Crippen LogP contribution in [0.3, 0.4) is 0 Å². The molecule has 0 bridgehead atoms. The molecule has 1 amide bonds. The topological polar surface area (TPSA) is 80.9 Å². The molecule has 3 rings (SSSR count). The molecule has 0 aliphatic heterocycles. The lowest BCUT2D eigenvalue weighted by molar-refractivity contribution is -0.119. The number of hydrogen-bond donors (Lipinski definition) is 2. The Hall–Kier alpha value is -2.57.